The minimum absolute atomic E-state index is 0.432. The van der Waals surface area contributed by atoms with Crippen LogP contribution in [0.2, 0.25) is 0 Å². The predicted molar refractivity (Wildman–Crippen MR) is 149 cm³/mol. The number of benzene rings is 2. The van der Waals surface area contributed by atoms with Crippen LogP contribution in [0, 0.1) is 0 Å². The minimum Gasteiger partial charge on any atom is -0.491 e. The number of carbonyl (C=O) groups excluding carboxylic acids is 1. The first kappa shape index (κ1) is 33.4. The monoisotopic (exact) mass is 565 g/mol. The number of carbonyl (C=O) groups is 1. The molecule has 40 heavy (non-hydrogen) atoms. The summed E-state index contributed by atoms with van der Waals surface area (Å²) in [5.41, 5.74) is 6.96. The normalized spacial score (nSPS) is 11.0. The van der Waals surface area contributed by atoms with Gasteiger partial charge in [-0.25, -0.2) is 0 Å². The van der Waals surface area contributed by atoms with Crippen LogP contribution in [0.1, 0.15) is 10.4 Å². The molecule has 224 valence electrons. The molecule has 0 heterocycles. The molecular formula is C29H43NO10. The number of anilines is 1. The highest BCUT2D eigenvalue weighted by Crippen LogP contribution is 2.12. The maximum Gasteiger partial charge on any atom is 0.150 e. The van der Waals surface area contributed by atoms with Crippen LogP contribution in [0.15, 0.2) is 48.5 Å². The highest BCUT2D eigenvalue weighted by molar-refractivity contribution is 5.74. The number of hydrogen-bond acceptors (Lipinski definition) is 11. The average Bonchev–Trinajstić information content (AvgIpc) is 2.98. The molecule has 0 aliphatic carbocycles. The molecule has 2 aromatic carbocycles. The van der Waals surface area contributed by atoms with Crippen LogP contribution < -0.4 is 15.2 Å². The number of aldehydes is 1. The van der Waals surface area contributed by atoms with Crippen LogP contribution in [0.25, 0.3) is 0 Å². The Balaban J connectivity index is 1.19. The summed E-state index contributed by atoms with van der Waals surface area (Å²) in [6, 6.07) is 14.2. The van der Waals surface area contributed by atoms with Crippen molar-refractivity contribution < 1.29 is 47.4 Å². The van der Waals surface area contributed by atoms with Crippen molar-refractivity contribution in [2.75, 3.05) is 111 Å². The van der Waals surface area contributed by atoms with Crippen molar-refractivity contribution in [3.05, 3.63) is 54.1 Å². The molecule has 2 rings (SSSR count). The average molecular weight is 566 g/mol. The smallest absolute Gasteiger partial charge is 0.150 e. The lowest BCUT2D eigenvalue weighted by atomic mass is 10.2. The van der Waals surface area contributed by atoms with Crippen molar-refractivity contribution in [3.63, 3.8) is 0 Å². The maximum absolute atomic E-state index is 10.6. The van der Waals surface area contributed by atoms with Gasteiger partial charge < -0.3 is 48.4 Å². The molecule has 0 radical (unpaired) electrons. The third-order valence-electron chi connectivity index (χ3n) is 5.12. The molecule has 0 saturated carbocycles. The lowest BCUT2D eigenvalue weighted by molar-refractivity contribution is -0.0218. The van der Waals surface area contributed by atoms with E-state index in [0.717, 1.165) is 12.0 Å². The summed E-state index contributed by atoms with van der Waals surface area (Å²) in [6.45, 7) is 7.84. The molecule has 0 saturated heterocycles. The molecule has 11 heteroatoms. The van der Waals surface area contributed by atoms with Crippen LogP contribution >= 0.6 is 0 Å². The molecule has 0 spiro atoms. The first-order valence-electron chi connectivity index (χ1n) is 13.5. The van der Waals surface area contributed by atoms with Crippen molar-refractivity contribution in [3.8, 4) is 11.5 Å². The number of nitrogen functional groups attached to an aromatic ring is 1. The van der Waals surface area contributed by atoms with Gasteiger partial charge in [0.15, 0.2) is 0 Å². The third-order valence-corrected chi connectivity index (χ3v) is 5.12. The largest absolute Gasteiger partial charge is 0.491 e. The van der Waals surface area contributed by atoms with Crippen LogP contribution in [-0.2, 0) is 33.2 Å². The fraction of sp³-hybridized carbons (Fsp3) is 0.552. The van der Waals surface area contributed by atoms with E-state index >= 15 is 0 Å². The van der Waals surface area contributed by atoms with Gasteiger partial charge in [0.1, 0.15) is 31.0 Å². The Morgan fingerprint density at radius 2 is 0.700 bits per heavy atom. The zero-order valence-corrected chi connectivity index (χ0v) is 23.2. The molecule has 0 atom stereocenters. The van der Waals surface area contributed by atoms with Crippen molar-refractivity contribution in [1.82, 2.24) is 0 Å². The van der Waals surface area contributed by atoms with Crippen molar-refractivity contribution in [2.45, 2.75) is 0 Å². The van der Waals surface area contributed by atoms with Gasteiger partial charge in [-0.15, -0.1) is 0 Å². The molecule has 0 fully saturated rings. The summed E-state index contributed by atoms with van der Waals surface area (Å²) in [4.78, 5) is 10.6. The van der Waals surface area contributed by atoms with Gasteiger partial charge in [0.25, 0.3) is 0 Å². The van der Waals surface area contributed by atoms with E-state index in [4.69, 9.17) is 48.4 Å². The minimum atomic E-state index is 0.432. The lowest BCUT2D eigenvalue weighted by Gasteiger charge is -2.09. The Bertz CT molecular complexity index is 851. The van der Waals surface area contributed by atoms with Crippen molar-refractivity contribution in [2.24, 2.45) is 0 Å². The van der Waals surface area contributed by atoms with E-state index in [1.165, 1.54) is 0 Å². The molecule has 0 aliphatic rings. The number of nitrogens with two attached hydrogens (primary N) is 1. The molecule has 0 aliphatic heterocycles. The SMILES string of the molecule is Nc1ccc(OCCOCCOCCOCCOCCOCCOCCOCCOc2ccc(C=O)cc2)cc1. The van der Waals surface area contributed by atoms with Crippen LogP contribution in [0.4, 0.5) is 5.69 Å². The Labute approximate surface area is 236 Å². The second-order valence-corrected chi connectivity index (χ2v) is 8.24. The van der Waals surface area contributed by atoms with E-state index in [1.807, 2.05) is 12.1 Å². The zero-order valence-electron chi connectivity index (χ0n) is 23.2. The van der Waals surface area contributed by atoms with Gasteiger partial charge in [-0.3, -0.25) is 4.79 Å². The van der Waals surface area contributed by atoms with E-state index in [0.29, 0.717) is 123 Å². The van der Waals surface area contributed by atoms with Gasteiger partial charge in [0.2, 0.25) is 0 Å². The van der Waals surface area contributed by atoms with Crippen LogP contribution in [0.5, 0.6) is 11.5 Å². The Kier molecular flexibility index (Phi) is 20.1. The Morgan fingerprint density at radius 1 is 0.425 bits per heavy atom. The second kappa shape index (κ2) is 24.1. The molecule has 11 nitrogen and oxygen atoms in total. The van der Waals surface area contributed by atoms with E-state index < -0.39 is 0 Å². The fourth-order valence-electron chi connectivity index (χ4n) is 3.07. The summed E-state index contributed by atoms with van der Waals surface area (Å²) < 4.78 is 49.3. The van der Waals surface area contributed by atoms with E-state index in [2.05, 4.69) is 0 Å². The summed E-state index contributed by atoms with van der Waals surface area (Å²) >= 11 is 0. The summed E-state index contributed by atoms with van der Waals surface area (Å²) in [6.07, 6.45) is 0.798. The van der Waals surface area contributed by atoms with E-state index in [-0.39, 0.29) is 0 Å². The highest BCUT2D eigenvalue weighted by atomic mass is 16.6. The Hall–Kier alpha value is -2.77. The van der Waals surface area contributed by atoms with Crippen LogP contribution in [0.3, 0.4) is 0 Å². The van der Waals surface area contributed by atoms with Gasteiger partial charge in [-0.1, -0.05) is 0 Å². The van der Waals surface area contributed by atoms with Gasteiger partial charge in [-0.2, -0.15) is 0 Å². The van der Waals surface area contributed by atoms with Gasteiger partial charge in [0, 0.05) is 11.3 Å². The molecule has 0 amide bonds. The molecular weight excluding hydrogens is 522 g/mol. The number of rotatable bonds is 27. The summed E-state index contributed by atoms with van der Waals surface area (Å²) in [5.74, 6) is 1.47. The fourth-order valence-corrected chi connectivity index (χ4v) is 3.07. The topological polar surface area (TPSA) is 126 Å². The molecule has 0 bridgehead atoms. The van der Waals surface area contributed by atoms with E-state index in [1.54, 1.807) is 36.4 Å². The third kappa shape index (κ3) is 18.5. The Morgan fingerprint density at radius 3 is 1.00 bits per heavy atom. The maximum atomic E-state index is 10.6. The van der Waals surface area contributed by atoms with Gasteiger partial charge >= 0.3 is 0 Å². The predicted octanol–water partition coefficient (Wildman–Crippen LogP) is 2.66. The molecule has 0 aromatic heterocycles. The highest BCUT2D eigenvalue weighted by Gasteiger charge is 1.97. The van der Waals surface area contributed by atoms with E-state index in [9.17, 15) is 4.79 Å². The quantitative estimate of drug-likeness (QED) is 0.0976. The summed E-state index contributed by atoms with van der Waals surface area (Å²) in [5, 5.41) is 0. The first-order chi connectivity index (χ1) is 19.8. The number of ether oxygens (including phenoxy) is 9. The van der Waals surface area contributed by atoms with Gasteiger partial charge in [-0.05, 0) is 48.5 Å². The molecule has 2 aromatic rings. The first-order valence-corrected chi connectivity index (χ1v) is 13.5. The summed E-state index contributed by atoms with van der Waals surface area (Å²) in [7, 11) is 0. The molecule has 0 unspecified atom stereocenters. The number of hydrogen-bond donors (Lipinski definition) is 1. The standard InChI is InChI=1S/C29H43NO10/c30-27-3-7-29(8-4-27)40-24-22-38-20-18-36-16-14-34-12-10-32-9-11-33-13-15-35-17-19-37-21-23-39-28-5-1-26(25-31)2-6-28/h1-8,25H,9-24,30H2. The zero-order chi connectivity index (χ0) is 28.4. The lowest BCUT2D eigenvalue weighted by Crippen LogP contribution is -2.15. The molecule has 2 N–H and O–H groups in total. The van der Waals surface area contributed by atoms with Crippen LogP contribution in [-0.4, -0.2) is 112 Å². The second-order valence-electron chi connectivity index (χ2n) is 8.24. The van der Waals surface area contributed by atoms with Gasteiger partial charge in [0.05, 0.1) is 92.5 Å². The van der Waals surface area contributed by atoms with Crippen molar-refractivity contribution in [1.29, 1.82) is 0 Å². The van der Waals surface area contributed by atoms with Crippen molar-refractivity contribution >= 4 is 12.0 Å².